The lowest BCUT2D eigenvalue weighted by molar-refractivity contribution is 0.0774. The van der Waals surface area contributed by atoms with Crippen molar-refractivity contribution in [2.45, 2.75) is 0 Å². The Labute approximate surface area is 66.4 Å². The van der Waals surface area contributed by atoms with Crippen molar-refractivity contribution in [1.82, 2.24) is 4.31 Å². The van der Waals surface area contributed by atoms with Gasteiger partial charge in [0.15, 0.2) is 0 Å². The van der Waals surface area contributed by atoms with Crippen molar-refractivity contribution in [2.75, 3.05) is 32.1 Å². The van der Waals surface area contributed by atoms with E-state index in [1.165, 1.54) is 0 Å². The van der Waals surface area contributed by atoms with Crippen molar-refractivity contribution < 1.29 is 4.74 Å². The fourth-order valence-corrected chi connectivity index (χ4v) is 1.56. The molecule has 1 fully saturated rings. The largest absolute Gasteiger partial charge is 0.379 e. The van der Waals surface area contributed by atoms with Crippen LogP contribution in [0, 0.1) is 0 Å². The van der Waals surface area contributed by atoms with Gasteiger partial charge in [0, 0.05) is 18.8 Å². The summed E-state index contributed by atoms with van der Waals surface area (Å²) in [5.74, 6) is 1.01. The first-order valence-corrected chi connectivity index (χ1v) is 4.44. The van der Waals surface area contributed by atoms with Crippen LogP contribution in [0.4, 0.5) is 0 Å². The third-order valence-electron chi connectivity index (χ3n) is 1.35. The third kappa shape index (κ3) is 2.73. The highest BCUT2D eigenvalue weighted by molar-refractivity contribution is 7.97. The highest BCUT2D eigenvalue weighted by Crippen LogP contribution is 2.11. The summed E-state index contributed by atoms with van der Waals surface area (Å²) in [4.78, 5) is 0. The van der Waals surface area contributed by atoms with Gasteiger partial charge in [-0.25, -0.2) is 4.31 Å². The summed E-state index contributed by atoms with van der Waals surface area (Å²) >= 11 is 1.83. The zero-order valence-corrected chi connectivity index (χ0v) is 6.90. The molecule has 3 heteroatoms. The molecule has 1 rings (SSSR count). The Morgan fingerprint density at radius 1 is 1.50 bits per heavy atom. The van der Waals surface area contributed by atoms with Gasteiger partial charge in [-0.3, -0.25) is 0 Å². The summed E-state index contributed by atoms with van der Waals surface area (Å²) in [6.45, 7) is 7.53. The van der Waals surface area contributed by atoms with E-state index in [9.17, 15) is 0 Å². The normalized spacial score (nSPS) is 20.8. The van der Waals surface area contributed by atoms with E-state index < -0.39 is 0 Å². The van der Waals surface area contributed by atoms with Crippen LogP contribution < -0.4 is 0 Å². The number of ether oxygens (including phenoxy) is 1. The summed E-state index contributed by atoms with van der Waals surface area (Å²) in [6, 6.07) is 0. The number of hydrogen-bond acceptors (Lipinski definition) is 3. The number of rotatable bonds is 3. The van der Waals surface area contributed by atoms with Crippen LogP contribution >= 0.6 is 11.9 Å². The molecule has 0 aliphatic carbocycles. The molecule has 0 unspecified atom stereocenters. The Kier molecular flexibility index (Phi) is 3.87. The molecular weight excluding hydrogens is 146 g/mol. The molecule has 1 heterocycles. The SMILES string of the molecule is C=CCSN1CCOCC1. The van der Waals surface area contributed by atoms with E-state index in [0.717, 1.165) is 32.1 Å². The van der Waals surface area contributed by atoms with Crippen LogP contribution in [-0.2, 0) is 4.74 Å². The molecule has 0 saturated carbocycles. The first-order chi connectivity index (χ1) is 4.93. The second kappa shape index (κ2) is 4.77. The minimum atomic E-state index is 0.879. The average molecular weight is 159 g/mol. The molecule has 10 heavy (non-hydrogen) atoms. The van der Waals surface area contributed by atoms with Gasteiger partial charge in [-0.05, 0) is 0 Å². The summed E-state index contributed by atoms with van der Waals surface area (Å²) in [7, 11) is 0. The lowest BCUT2D eigenvalue weighted by Gasteiger charge is -2.24. The lowest BCUT2D eigenvalue weighted by Crippen LogP contribution is -2.31. The number of nitrogens with zero attached hydrogens (tertiary/aromatic N) is 1. The Morgan fingerprint density at radius 2 is 2.20 bits per heavy atom. The standard InChI is InChI=1S/C7H13NOS/c1-2-7-10-8-3-5-9-6-4-8/h2H,1,3-7H2. The van der Waals surface area contributed by atoms with Crippen molar-refractivity contribution in [1.29, 1.82) is 0 Å². The van der Waals surface area contributed by atoms with E-state index in [1.807, 2.05) is 18.0 Å². The number of hydrogen-bond donors (Lipinski definition) is 0. The predicted octanol–water partition coefficient (Wildman–Crippen LogP) is 1.15. The lowest BCUT2D eigenvalue weighted by atomic mass is 10.5. The molecule has 0 amide bonds. The first kappa shape index (κ1) is 8.11. The maximum atomic E-state index is 5.20. The maximum Gasteiger partial charge on any atom is 0.0603 e. The van der Waals surface area contributed by atoms with Crippen molar-refractivity contribution in [3.8, 4) is 0 Å². The van der Waals surface area contributed by atoms with E-state index in [4.69, 9.17) is 4.74 Å². The second-order valence-electron chi connectivity index (χ2n) is 2.13. The van der Waals surface area contributed by atoms with Crippen molar-refractivity contribution >= 4 is 11.9 Å². The van der Waals surface area contributed by atoms with E-state index in [2.05, 4.69) is 10.9 Å². The van der Waals surface area contributed by atoms with Gasteiger partial charge in [0.25, 0.3) is 0 Å². The summed E-state index contributed by atoms with van der Waals surface area (Å²) in [6.07, 6.45) is 1.93. The Bertz CT molecular complexity index is 102. The molecule has 1 aliphatic rings. The zero-order chi connectivity index (χ0) is 7.23. The molecule has 0 aromatic rings. The molecule has 0 N–H and O–H groups in total. The Hall–Kier alpha value is 0.01000. The van der Waals surface area contributed by atoms with Crippen LogP contribution in [-0.4, -0.2) is 36.4 Å². The quantitative estimate of drug-likeness (QED) is 0.453. The molecule has 0 bridgehead atoms. The van der Waals surface area contributed by atoms with Crippen LogP contribution in [0.25, 0.3) is 0 Å². The minimum Gasteiger partial charge on any atom is -0.379 e. The smallest absolute Gasteiger partial charge is 0.0603 e. The second-order valence-corrected chi connectivity index (χ2v) is 3.23. The minimum absolute atomic E-state index is 0.879. The van der Waals surface area contributed by atoms with E-state index in [1.54, 1.807) is 0 Å². The van der Waals surface area contributed by atoms with Crippen LogP contribution in [0.2, 0.25) is 0 Å². The van der Waals surface area contributed by atoms with Gasteiger partial charge in [-0.2, -0.15) is 0 Å². The van der Waals surface area contributed by atoms with Crippen molar-refractivity contribution in [2.24, 2.45) is 0 Å². The van der Waals surface area contributed by atoms with Gasteiger partial charge in [-0.1, -0.05) is 18.0 Å². The molecule has 0 aromatic heterocycles. The molecule has 0 atom stereocenters. The summed E-state index contributed by atoms with van der Waals surface area (Å²) in [5, 5.41) is 0. The highest BCUT2D eigenvalue weighted by Gasteiger charge is 2.08. The van der Waals surface area contributed by atoms with Gasteiger partial charge in [0.2, 0.25) is 0 Å². The molecule has 0 spiro atoms. The summed E-state index contributed by atoms with van der Waals surface area (Å²) < 4.78 is 7.52. The van der Waals surface area contributed by atoms with Crippen molar-refractivity contribution in [3.05, 3.63) is 12.7 Å². The van der Waals surface area contributed by atoms with E-state index in [-0.39, 0.29) is 0 Å². The molecular formula is C7H13NOS. The Morgan fingerprint density at radius 3 is 2.80 bits per heavy atom. The van der Waals surface area contributed by atoms with Gasteiger partial charge < -0.3 is 4.74 Å². The average Bonchev–Trinajstić information content (AvgIpc) is 2.03. The van der Waals surface area contributed by atoms with Gasteiger partial charge in [0.1, 0.15) is 0 Å². The predicted molar refractivity (Wildman–Crippen MR) is 45.0 cm³/mol. The molecule has 1 aliphatic heterocycles. The number of morpholine rings is 1. The highest BCUT2D eigenvalue weighted by atomic mass is 32.2. The van der Waals surface area contributed by atoms with Gasteiger partial charge in [0.05, 0.1) is 13.2 Å². The van der Waals surface area contributed by atoms with Crippen LogP contribution in [0.3, 0.4) is 0 Å². The van der Waals surface area contributed by atoms with Gasteiger partial charge in [-0.15, -0.1) is 6.58 Å². The molecule has 1 saturated heterocycles. The fourth-order valence-electron chi connectivity index (χ4n) is 0.834. The van der Waals surface area contributed by atoms with E-state index >= 15 is 0 Å². The van der Waals surface area contributed by atoms with Gasteiger partial charge >= 0.3 is 0 Å². The van der Waals surface area contributed by atoms with Crippen LogP contribution in [0.15, 0.2) is 12.7 Å². The first-order valence-electron chi connectivity index (χ1n) is 3.50. The zero-order valence-electron chi connectivity index (χ0n) is 6.08. The summed E-state index contributed by atoms with van der Waals surface area (Å²) in [5.41, 5.74) is 0. The third-order valence-corrected chi connectivity index (χ3v) is 2.46. The topological polar surface area (TPSA) is 12.5 Å². The fraction of sp³-hybridized carbons (Fsp3) is 0.714. The monoisotopic (exact) mass is 159 g/mol. The molecule has 2 nitrogen and oxygen atoms in total. The van der Waals surface area contributed by atoms with Crippen LogP contribution in [0.5, 0.6) is 0 Å². The molecule has 0 radical (unpaired) electrons. The van der Waals surface area contributed by atoms with E-state index in [0.29, 0.717) is 0 Å². The maximum absolute atomic E-state index is 5.20. The Balaban J connectivity index is 2.07. The van der Waals surface area contributed by atoms with Crippen molar-refractivity contribution in [3.63, 3.8) is 0 Å². The molecule has 0 aromatic carbocycles. The molecule has 58 valence electrons. The van der Waals surface area contributed by atoms with Crippen LogP contribution in [0.1, 0.15) is 0 Å².